The molecule has 1 aliphatic heterocycles. The lowest BCUT2D eigenvalue weighted by atomic mass is 10.2. The summed E-state index contributed by atoms with van der Waals surface area (Å²) in [4.78, 5) is 24.2. The summed E-state index contributed by atoms with van der Waals surface area (Å²) in [6.07, 6.45) is 0.00980. The second kappa shape index (κ2) is 4.99. The van der Waals surface area contributed by atoms with Gasteiger partial charge in [0.2, 0.25) is 5.91 Å². The van der Waals surface area contributed by atoms with E-state index in [4.69, 9.17) is 4.74 Å². The first-order chi connectivity index (χ1) is 8.15. The monoisotopic (exact) mass is 233 g/mol. The predicted molar refractivity (Wildman–Crippen MR) is 62.0 cm³/mol. The van der Waals surface area contributed by atoms with Crippen molar-refractivity contribution in [1.29, 1.82) is 0 Å². The van der Waals surface area contributed by atoms with Crippen molar-refractivity contribution in [1.82, 2.24) is 4.90 Å². The van der Waals surface area contributed by atoms with E-state index in [1.54, 1.807) is 4.90 Å². The van der Waals surface area contributed by atoms with Gasteiger partial charge in [-0.2, -0.15) is 0 Å². The van der Waals surface area contributed by atoms with Crippen molar-refractivity contribution in [3.63, 3.8) is 0 Å². The Morgan fingerprint density at radius 2 is 2.12 bits per heavy atom. The summed E-state index contributed by atoms with van der Waals surface area (Å²) in [5, 5.41) is 0. The van der Waals surface area contributed by atoms with E-state index in [9.17, 15) is 9.59 Å². The fourth-order valence-corrected chi connectivity index (χ4v) is 2.01. The van der Waals surface area contributed by atoms with E-state index in [0.717, 1.165) is 5.56 Å². The van der Waals surface area contributed by atoms with Gasteiger partial charge in [0, 0.05) is 13.5 Å². The van der Waals surface area contributed by atoms with E-state index in [2.05, 4.69) is 0 Å². The van der Waals surface area contributed by atoms with Crippen LogP contribution in [-0.2, 0) is 20.9 Å². The Bertz CT molecular complexity index is 416. The summed E-state index contributed by atoms with van der Waals surface area (Å²) < 4.78 is 5.05. The van der Waals surface area contributed by atoms with Crippen molar-refractivity contribution in [3.05, 3.63) is 35.9 Å². The average Bonchev–Trinajstić information content (AvgIpc) is 2.59. The molecule has 1 aliphatic rings. The van der Waals surface area contributed by atoms with Gasteiger partial charge in [0.15, 0.2) is 0 Å². The molecule has 0 radical (unpaired) electrons. The first-order valence-electron chi connectivity index (χ1n) is 5.64. The highest BCUT2D eigenvalue weighted by molar-refractivity contribution is 5.79. The average molecular weight is 233 g/mol. The zero-order chi connectivity index (χ0) is 12.3. The number of carbonyl (C=O) groups excluding carboxylic acids is 2. The smallest absolute Gasteiger partial charge is 0.302 e. The molecule has 1 saturated heterocycles. The minimum Gasteiger partial charge on any atom is -0.460 e. The topological polar surface area (TPSA) is 46.6 Å². The Labute approximate surface area is 100 Å². The molecule has 1 aromatic rings. The number of nitrogens with zero attached hydrogens (tertiary/aromatic N) is 1. The van der Waals surface area contributed by atoms with Crippen molar-refractivity contribution in [2.45, 2.75) is 26.0 Å². The number of benzene rings is 1. The van der Waals surface area contributed by atoms with Crippen LogP contribution in [-0.4, -0.2) is 29.4 Å². The Morgan fingerprint density at radius 3 is 2.76 bits per heavy atom. The second-order valence-electron chi connectivity index (χ2n) is 4.20. The number of rotatable bonds is 3. The van der Waals surface area contributed by atoms with Gasteiger partial charge in [-0.05, 0) is 5.56 Å². The largest absolute Gasteiger partial charge is 0.460 e. The fourth-order valence-electron chi connectivity index (χ4n) is 2.01. The fraction of sp³-hybridized carbons (Fsp3) is 0.385. The Morgan fingerprint density at radius 1 is 1.41 bits per heavy atom. The summed E-state index contributed by atoms with van der Waals surface area (Å²) >= 11 is 0. The normalized spacial score (nSPS) is 19.5. The first kappa shape index (κ1) is 11.6. The van der Waals surface area contributed by atoms with Crippen LogP contribution in [0.1, 0.15) is 18.9 Å². The van der Waals surface area contributed by atoms with E-state index in [1.807, 2.05) is 30.3 Å². The van der Waals surface area contributed by atoms with Gasteiger partial charge in [-0.25, -0.2) is 0 Å². The highest BCUT2D eigenvalue weighted by atomic mass is 16.5. The van der Waals surface area contributed by atoms with Crippen molar-refractivity contribution in [2.75, 3.05) is 6.54 Å². The van der Waals surface area contributed by atoms with Crippen LogP contribution in [0.4, 0.5) is 0 Å². The van der Waals surface area contributed by atoms with Gasteiger partial charge < -0.3 is 9.64 Å². The maximum Gasteiger partial charge on any atom is 0.302 e. The molecule has 1 aromatic carbocycles. The minimum atomic E-state index is -0.329. The Kier molecular flexibility index (Phi) is 3.42. The molecule has 4 nitrogen and oxygen atoms in total. The van der Waals surface area contributed by atoms with E-state index >= 15 is 0 Å². The molecule has 1 heterocycles. The van der Waals surface area contributed by atoms with Gasteiger partial charge >= 0.3 is 5.97 Å². The molecule has 4 heteroatoms. The molecular weight excluding hydrogens is 218 g/mol. The Balaban J connectivity index is 1.95. The van der Waals surface area contributed by atoms with Gasteiger partial charge in [0.25, 0.3) is 0 Å². The van der Waals surface area contributed by atoms with Crippen LogP contribution in [0.15, 0.2) is 30.3 Å². The number of carbonyl (C=O) groups is 2. The van der Waals surface area contributed by atoms with E-state index in [0.29, 0.717) is 19.5 Å². The van der Waals surface area contributed by atoms with Gasteiger partial charge in [-0.3, -0.25) is 9.59 Å². The molecule has 0 aromatic heterocycles. The minimum absolute atomic E-state index is 0.0418. The van der Waals surface area contributed by atoms with Crippen LogP contribution in [0.2, 0.25) is 0 Å². The third-order valence-electron chi connectivity index (χ3n) is 2.73. The third-order valence-corrected chi connectivity index (χ3v) is 2.73. The molecular formula is C13H15NO3. The SMILES string of the molecule is CC(=O)O[C@@H]1CC(=O)N(Cc2ccccc2)C1. The van der Waals surface area contributed by atoms with Crippen LogP contribution in [0.25, 0.3) is 0 Å². The number of ether oxygens (including phenoxy) is 1. The van der Waals surface area contributed by atoms with Crippen LogP contribution in [0.3, 0.4) is 0 Å². The first-order valence-corrected chi connectivity index (χ1v) is 5.64. The molecule has 0 saturated carbocycles. The zero-order valence-electron chi connectivity index (χ0n) is 9.76. The van der Waals surface area contributed by atoms with Crippen LogP contribution in [0, 0.1) is 0 Å². The van der Waals surface area contributed by atoms with Gasteiger partial charge in [-0.1, -0.05) is 30.3 Å². The molecule has 0 aliphatic carbocycles. The van der Waals surface area contributed by atoms with Crippen molar-refractivity contribution in [3.8, 4) is 0 Å². The van der Waals surface area contributed by atoms with E-state index in [1.165, 1.54) is 6.92 Å². The molecule has 0 unspecified atom stereocenters. The lowest BCUT2D eigenvalue weighted by molar-refractivity contribution is -0.145. The highest BCUT2D eigenvalue weighted by Gasteiger charge is 2.31. The van der Waals surface area contributed by atoms with Gasteiger partial charge in [0.05, 0.1) is 13.0 Å². The number of hydrogen-bond acceptors (Lipinski definition) is 3. The summed E-state index contributed by atoms with van der Waals surface area (Å²) in [7, 11) is 0. The van der Waals surface area contributed by atoms with Gasteiger partial charge in [0.1, 0.15) is 6.10 Å². The summed E-state index contributed by atoms with van der Waals surface area (Å²) in [6.45, 7) is 2.44. The van der Waals surface area contributed by atoms with E-state index < -0.39 is 0 Å². The highest BCUT2D eigenvalue weighted by Crippen LogP contribution is 2.17. The van der Waals surface area contributed by atoms with Crippen molar-refractivity contribution >= 4 is 11.9 Å². The van der Waals surface area contributed by atoms with Crippen LogP contribution in [0.5, 0.6) is 0 Å². The molecule has 90 valence electrons. The second-order valence-corrected chi connectivity index (χ2v) is 4.20. The van der Waals surface area contributed by atoms with Crippen molar-refractivity contribution in [2.24, 2.45) is 0 Å². The predicted octanol–water partition coefficient (Wildman–Crippen LogP) is 1.35. The molecule has 0 bridgehead atoms. The maximum atomic E-state index is 11.7. The third kappa shape index (κ3) is 3.06. The van der Waals surface area contributed by atoms with Gasteiger partial charge in [-0.15, -0.1) is 0 Å². The molecule has 2 rings (SSSR count). The van der Waals surface area contributed by atoms with Crippen molar-refractivity contribution < 1.29 is 14.3 Å². The molecule has 1 fully saturated rings. The lowest BCUT2D eigenvalue weighted by Gasteiger charge is -2.16. The summed E-state index contributed by atoms with van der Waals surface area (Å²) in [5.41, 5.74) is 1.09. The van der Waals surface area contributed by atoms with Crippen LogP contribution >= 0.6 is 0 Å². The molecule has 0 N–H and O–H groups in total. The molecule has 1 amide bonds. The number of hydrogen-bond donors (Lipinski definition) is 0. The zero-order valence-corrected chi connectivity index (χ0v) is 9.76. The summed E-state index contributed by atoms with van der Waals surface area (Å²) in [5.74, 6) is -0.288. The number of esters is 1. The number of amides is 1. The molecule has 17 heavy (non-hydrogen) atoms. The summed E-state index contributed by atoms with van der Waals surface area (Å²) in [6, 6.07) is 9.79. The number of likely N-dealkylation sites (tertiary alicyclic amines) is 1. The standard InChI is InChI=1S/C13H15NO3/c1-10(15)17-12-7-13(16)14(9-12)8-11-5-3-2-4-6-11/h2-6,12H,7-9H2,1H3/t12-/m1/s1. The Hall–Kier alpha value is -1.84. The molecule has 0 spiro atoms. The van der Waals surface area contributed by atoms with Crippen LogP contribution < -0.4 is 0 Å². The molecule has 1 atom stereocenters. The maximum absolute atomic E-state index is 11.7. The van der Waals surface area contributed by atoms with E-state index in [-0.39, 0.29) is 18.0 Å². The lowest BCUT2D eigenvalue weighted by Crippen LogP contribution is -2.26. The quantitative estimate of drug-likeness (QED) is 0.740.